The minimum Gasteiger partial charge on any atom is -0.382 e. The highest BCUT2D eigenvalue weighted by Crippen LogP contribution is 2.29. The van der Waals surface area contributed by atoms with Crippen molar-refractivity contribution in [1.29, 1.82) is 0 Å². The van der Waals surface area contributed by atoms with Crippen molar-refractivity contribution in [3.63, 3.8) is 0 Å². The van der Waals surface area contributed by atoms with E-state index in [1.54, 1.807) is 36.5 Å². The quantitative estimate of drug-likeness (QED) is 0.265. The van der Waals surface area contributed by atoms with Crippen LogP contribution >= 0.6 is 0 Å². The zero-order chi connectivity index (χ0) is 26.0. The minimum atomic E-state index is -2.56. The molecule has 0 aliphatic heterocycles. The zero-order valence-electron chi connectivity index (χ0n) is 20.1. The van der Waals surface area contributed by atoms with E-state index in [-0.39, 0.29) is 23.8 Å². The predicted molar refractivity (Wildman–Crippen MR) is 147 cm³/mol. The van der Waals surface area contributed by atoms with E-state index >= 15 is 0 Å². The second kappa shape index (κ2) is 10.2. The first-order valence-corrected chi connectivity index (χ1v) is 13.8. The van der Waals surface area contributed by atoms with Crippen LogP contribution in [0.2, 0.25) is 0 Å². The molecule has 1 amide bonds. The molecule has 0 saturated heterocycles. The summed E-state index contributed by atoms with van der Waals surface area (Å²) in [5.41, 5.74) is 4.14. The summed E-state index contributed by atoms with van der Waals surface area (Å²) < 4.78 is 29.5. The third kappa shape index (κ3) is 6.22. The molecule has 0 spiro atoms. The van der Waals surface area contributed by atoms with Crippen LogP contribution in [0.3, 0.4) is 0 Å². The number of hydrogen-bond acceptors (Lipinski definition) is 6. The molecule has 1 fully saturated rings. The Morgan fingerprint density at radius 1 is 1.03 bits per heavy atom. The van der Waals surface area contributed by atoms with Gasteiger partial charge in [-0.2, -0.15) is 0 Å². The van der Waals surface area contributed by atoms with Crippen LogP contribution in [0.15, 0.2) is 83.4 Å². The van der Waals surface area contributed by atoms with E-state index in [4.69, 9.17) is 5.14 Å². The predicted octanol–water partition coefficient (Wildman–Crippen LogP) is 5.28. The van der Waals surface area contributed by atoms with Crippen LogP contribution in [-0.2, 0) is 9.92 Å². The molecule has 190 valence electrons. The van der Waals surface area contributed by atoms with Crippen molar-refractivity contribution in [1.82, 2.24) is 4.98 Å². The molecule has 0 radical (unpaired) electrons. The van der Waals surface area contributed by atoms with E-state index in [1.165, 1.54) is 18.4 Å². The van der Waals surface area contributed by atoms with Crippen molar-refractivity contribution in [3.05, 3.63) is 90.4 Å². The fraction of sp³-hybridized carbons (Fsp3) is 0.185. The van der Waals surface area contributed by atoms with E-state index in [2.05, 4.69) is 25.3 Å². The van der Waals surface area contributed by atoms with Gasteiger partial charge in [0, 0.05) is 52.2 Å². The highest BCUT2D eigenvalue weighted by atomic mass is 32.2. The largest absolute Gasteiger partial charge is 0.382 e. The minimum absolute atomic E-state index is 0.0299. The summed E-state index contributed by atoms with van der Waals surface area (Å²) in [6.45, 7) is 0. The Balaban J connectivity index is 1.21. The van der Waals surface area contributed by atoms with E-state index in [0.29, 0.717) is 33.5 Å². The van der Waals surface area contributed by atoms with Crippen LogP contribution in [0.1, 0.15) is 23.2 Å². The van der Waals surface area contributed by atoms with E-state index in [1.807, 2.05) is 30.3 Å². The summed E-state index contributed by atoms with van der Waals surface area (Å²) >= 11 is 0. The van der Waals surface area contributed by atoms with Crippen LogP contribution in [0, 0.1) is 5.82 Å². The lowest BCUT2D eigenvalue weighted by atomic mass is 9.87. The summed E-state index contributed by atoms with van der Waals surface area (Å²) in [4.78, 5) is 17.2. The average molecular weight is 519 g/mol. The number of pyridine rings is 1. The maximum absolute atomic E-state index is 13.8. The molecule has 1 aliphatic carbocycles. The second-order valence-electron chi connectivity index (χ2n) is 9.19. The summed E-state index contributed by atoms with van der Waals surface area (Å²) in [6, 6.07) is 21.0. The Bertz CT molecular complexity index is 1570. The molecule has 1 saturated carbocycles. The number of carbonyl (C=O) groups excluding carboxylic acids is 1. The molecule has 1 unspecified atom stereocenters. The summed E-state index contributed by atoms with van der Waals surface area (Å²) in [5, 5.41) is 15.7. The highest BCUT2D eigenvalue weighted by Gasteiger charge is 2.29. The summed E-state index contributed by atoms with van der Waals surface area (Å²) in [5.74, 6) is -0.590. The lowest BCUT2D eigenvalue weighted by Crippen LogP contribution is -2.39. The van der Waals surface area contributed by atoms with Gasteiger partial charge in [0.2, 0.25) is 0 Å². The van der Waals surface area contributed by atoms with Crippen molar-refractivity contribution in [2.75, 3.05) is 22.2 Å². The number of benzene rings is 3. The van der Waals surface area contributed by atoms with Gasteiger partial charge in [-0.25, -0.2) is 18.1 Å². The van der Waals surface area contributed by atoms with Crippen LogP contribution in [-0.4, -0.2) is 33.4 Å². The molecule has 1 aliphatic rings. The number of amides is 1. The number of halogens is 1. The van der Waals surface area contributed by atoms with Gasteiger partial charge in [-0.3, -0.25) is 9.78 Å². The number of aromatic nitrogens is 1. The third-order valence-electron chi connectivity index (χ3n) is 6.09. The van der Waals surface area contributed by atoms with Crippen LogP contribution < -0.4 is 21.1 Å². The van der Waals surface area contributed by atoms with Gasteiger partial charge in [0.15, 0.2) is 0 Å². The fourth-order valence-corrected chi connectivity index (χ4v) is 5.06. The highest BCUT2D eigenvalue weighted by molar-refractivity contribution is 7.90. The van der Waals surface area contributed by atoms with Gasteiger partial charge in [0.25, 0.3) is 5.91 Å². The zero-order valence-corrected chi connectivity index (χ0v) is 21.0. The Hall–Kier alpha value is -4.02. The van der Waals surface area contributed by atoms with Gasteiger partial charge in [0.1, 0.15) is 15.7 Å². The topological polar surface area (TPSA) is 122 Å². The van der Waals surface area contributed by atoms with E-state index in [9.17, 15) is 13.4 Å². The van der Waals surface area contributed by atoms with Crippen molar-refractivity contribution >= 4 is 49.5 Å². The molecular formula is C27H27FN6O2S. The number of nitrogens with zero attached hydrogens (tertiary/aromatic N) is 2. The molecule has 5 rings (SSSR count). The van der Waals surface area contributed by atoms with Crippen LogP contribution in [0.25, 0.3) is 10.9 Å². The molecule has 10 heteroatoms. The van der Waals surface area contributed by atoms with Crippen molar-refractivity contribution in [2.24, 2.45) is 9.50 Å². The van der Waals surface area contributed by atoms with Gasteiger partial charge in [-0.05, 0) is 79.6 Å². The molecule has 1 atom stereocenters. The van der Waals surface area contributed by atoms with Crippen molar-refractivity contribution in [3.8, 4) is 0 Å². The SMILES string of the molecule is CS(N)(=O)=NC1CC(Nc2ccc(NC(=O)c3cccc(Nc4ccnc5ccc(F)cc45)c3)cc2)C1. The maximum Gasteiger partial charge on any atom is 0.255 e. The first kappa shape index (κ1) is 24.7. The summed E-state index contributed by atoms with van der Waals surface area (Å²) in [7, 11) is -2.56. The fourth-order valence-electron chi connectivity index (χ4n) is 4.30. The standard InChI is InChI=1S/C27H27FN6O2S/c1-37(29,36)34-23-15-22(16-23)31-19-6-8-20(9-7-19)33-27(35)17-3-2-4-21(13-17)32-26-11-12-30-25-10-5-18(28)14-24(25)26/h2-14,22-23,31H,15-16H2,1H3,(H,30,32)(H,33,35)(H2,29,34,36). The lowest BCUT2D eigenvalue weighted by molar-refractivity contribution is 0.102. The summed E-state index contributed by atoms with van der Waals surface area (Å²) in [6.07, 6.45) is 4.67. The van der Waals surface area contributed by atoms with Crippen LogP contribution in [0.4, 0.5) is 27.1 Å². The molecule has 3 aromatic carbocycles. The third-order valence-corrected chi connectivity index (χ3v) is 6.81. The van der Waals surface area contributed by atoms with Crippen molar-refractivity contribution < 1.29 is 13.4 Å². The van der Waals surface area contributed by atoms with Gasteiger partial charge >= 0.3 is 0 Å². The number of fused-ring (bicyclic) bond motifs is 1. The van der Waals surface area contributed by atoms with Gasteiger partial charge < -0.3 is 16.0 Å². The molecule has 5 N–H and O–H groups in total. The lowest BCUT2D eigenvalue weighted by Gasteiger charge is -2.34. The average Bonchev–Trinajstić information content (AvgIpc) is 2.83. The number of hydrogen-bond donors (Lipinski definition) is 4. The number of anilines is 4. The van der Waals surface area contributed by atoms with Crippen LogP contribution in [0.5, 0.6) is 0 Å². The number of rotatable bonds is 7. The maximum atomic E-state index is 13.8. The molecule has 8 nitrogen and oxygen atoms in total. The smallest absolute Gasteiger partial charge is 0.255 e. The van der Waals surface area contributed by atoms with Gasteiger partial charge in [-0.15, -0.1) is 0 Å². The molecule has 4 aromatic rings. The Labute approximate surface area is 214 Å². The van der Waals surface area contributed by atoms with E-state index in [0.717, 1.165) is 18.5 Å². The Morgan fingerprint density at radius 3 is 2.54 bits per heavy atom. The number of carbonyl (C=O) groups is 1. The first-order chi connectivity index (χ1) is 17.7. The normalized spacial score (nSPS) is 18.4. The Morgan fingerprint density at radius 2 is 1.78 bits per heavy atom. The monoisotopic (exact) mass is 518 g/mol. The Kier molecular flexibility index (Phi) is 6.77. The first-order valence-electron chi connectivity index (χ1n) is 11.8. The molecule has 1 aromatic heterocycles. The molecular weight excluding hydrogens is 491 g/mol. The molecule has 37 heavy (non-hydrogen) atoms. The number of nitrogens with two attached hydrogens (primary N) is 1. The molecule has 0 bridgehead atoms. The second-order valence-corrected chi connectivity index (χ2v) is 11.1. The van der Waals surface area contributed by atoms with E-state index < -0.39 is 9.92 Å². The number of nitrogens with one attached hydrogen (secondary N) is 3. The van der Waals surface area contributed by atoms with Gasteiger partial charge in [-0.1, -0.05) is 6.07 Å². The molecule has 1 heterocycles. The van der Waals surface area contributed by atoms with Crippen molar-refractivity contribution in [2.45, 2.75) is 24.9 Å². The van der Waals surface area contributed by atoms with Gasteiger partial charge in [0.05, 0.1) is 11.6 Å².